The first-order chi connectivity index (χ1) is 10.0. The summed E-state index contributed by atoms with van der Waals surface area (Å²) in [7, 11) is -3.52. The van der Waals surface area contributed by atoms with Crippen molar-refractivity contribution in [3.05, 3.63) is 59.2 Å². The smallest absolute Gasteiger partial charge is 0.271 e. The van der Waals surface area contributed by atoms with Crippen LogP contribution in [-0.2, 0) is 10.0 Å². The Bertz CT molecular complexity index is 840. The Morgan fingerprint density at radius 3 is 2.52 bits per heavy atom. The van der Waals surface area contributed by atoms with Gasteiger partial charge in [-0.3, -0.25) is 4.72 Å². The molecule has 0 saturated heterocycles. The third kappa shape index (κ3) is 3.10. The molecule has 0 atom stereocenters. The summed E-state index contributed by atoms with van der Waals surface area (Å²) in [6.07, 6.45) is 3.21. The molecule has 0 aliphatic heterocycles. The molecule has 3 rings (SSSR count). The van der Waals surface area contributed by atoms with Crippen molar-refractivity contribution in [2.75, 3.05) is 4.72 Å². The Labute approximate surface area is 130 Å². The molecule has 0 bridgehead atoms. The van der Waals surface area contributed by atoms with E-state index in [0.717, 1.165) is 5.69 Å². The highest BCUT2D eigenvalue weighted by molar-refractivity contribution is 7.94. The number of sulfonamides is 1. The fourth-order valence-electron chi connectivity index (χ4n) is 1.75. The fourth-order valence-corrected chi connectivity index (χ4v) is 3.93. The van der Waals surface area contributed by atoms with E-state index in [1.807, 2.05) is 0 Å². The van der Waals surface area contributed by atoms with E-state index < -0.39 is 10.0 Å². The van der Waals surface area contributed by atoms with Crippen molar-refractivity contribution in [2.24, 2.45) is 0 Å². The molecule has 21 heavy (non-hydrogen) atoms. The van der Waals surface area contributed by atoms with Crippen LogP contribution in [0.5, 0.6) is 0 Å². The van der Waals surface area contributed by atoms with Crippen molar-refractivity contribution in [1.29, 1.82) is 0 Å². The maximum atomic E-state index is 12.1. The van der Waals surface area contributed by atoms with Crippen LogP contribution in [0.4, 0.5) is 5.69 Å². The number of nitrogens with one attached hydrogen (secondary N) is 1. The molecule has 3 aromatic rings. The Morgan fingerprint density at radius 2 is 1.95 bits per heavy atom. The Balaban J connectivity index is 1.82. The van der Waals surface area contributed by atoms with Crippen molar-refractivity contribution < 1.29 is 8.42 Å². The van der Waals surface area contributed by atoms with Crippen LogP contribution < -0.4 is 4.72 Å². The molecule has 0 fully saturated rings. The zero-order valence-electron chi connectivity index (χ0n) is 10.6. The largest absolute Gasteiger partial charge is 0.279 e. The first-order valence-corrected chi connectivity index (χ1v) is 8.66. The van der Waals surface area contributed by atoms with E-state index in [1.54, 1.807) is 52.7 Å². The van der Waals surface area contributed by atoms with Crippen molar-refractivity contribution in [3.63, 3.8) is 0 Å². The zero-order valence-corrected chi connectivity index (χ0v) is 13.0. The van der Waals surface area contributed by atoms with Gasteiger partial charge < -0.3 is 0 Å². The highest BCUT2D eigenvalue weighted by Gasteiger charge is 2.14. The summed E-state index contributed by atoms with van der Waals surface area (Å²) in [6.45, 7) is 0. The molecule has 0 spiro atoms. The van der Waals surface area contributed by atoms with Gasteiger partial charge in [-0.15, -0.1) is 11.3 Å². The van der Waals surface area contributed by atoms with E-state index in [4.69, 9.17) is 11.6 Å². The Morgan fingerprint density at radius 1 is 1.19 bits per heavy atom. The maximum absolute atomic E-state index is 12.1. The molecule has 0 unspecified atom stereocenters. The van der Waals surface area contributed by atoms with Crippen LogP contribution in [0.15, 0.2) is 58.4 Å². The monoisotopic (exact) mass is 339 g/mol. The quantitative estimate of drug-likeness (QED) is 0.792. The average Bonchev–Trinajstić information content (AvgIpc) is 3.10. The summed E-state index contributed by atoms with van der Waals surface area (Å²) >= 11 is 6.98. The van der Waals surface area contributed by atoms with Crippen LogP contribution in [-0.4, -0.2) is 18.2 Å². The first kappa shape index (κ1) is 14.1. The van der Waals surface area contributed by atoms with Gasteiger partial charge in [-0.2, -0.15) is 5.10 Å². The van der Waals surface area contributed by atoms with Crippen LogP contribution >= 0.6 is 22.9 Å². The van der Waals surface area contributed by atoms with Gasteiger partial charge in [-0.25, -0.2) is 13.1 Å². The number of nitrogens with zero attached hydrogens (tertiary/aromatic N) is 2. The van der Waals surface area contributed by atoms with Gasteiger partial charge in [0.25, 0.3) is 10.0 Å². The second-order valence-corrected chi connectivity index (χ2v) is 7.48. The van der Waals surface area contributed by atoms with Gasteiger partial charge in [-0.05, 0) is 35.7 Å². The summed E-state index contributed by atoms with van der Waals surface area (Å²) in [4.78, 5) is 0. The van der Waals surface area contributed by atoms with Crippen molar-refractivity contribution in [3.8, 4) is 5.69 Å². The van der Waals surface area contributed by atoms with E-state index in [-0.39, 0.29) is 4.21 Å². The van der Waals surface area contributed by atoms with E-state index in [9.17, 15) is 8.42 Å². The van der Waals surface area contributed by atoms with Crippen LogP contribution in [0.25, 0.3) is 5.69 Å². The minimum atomic E-state index is -3.52. The third-order valence-corrected chi connectivity index (χ3v) is 5.67. The number of thiophene rings is 1. The molecule has 0 aliphatic carbocycles. The molecule has 2 heterocycles. The number of halogens is 1. The summed E-state index contributed by atoms with van der Waals surface area (Å²) in [5.41, 5.74) is 1.28. The van der Waals surface area contributed by atoms with Crippen LogP contribution in [0.1, 0.15) is 0 Å². The lowest BCUT2D eigenvalue weighted by Crippen LogP contribution is -2.11. The third-order valence-electron chi connectivity index (χ3n) is 2.70. The Hall–Kier alpha value is -1.83. The predicted molar refractivity (Wildman–Crippen MR) is 83.7 cm³/mol. The standard InChI is InChI=1S/C13H10ClN3O2S2/c14-10-8-15-17(9-10)12-5-3-11(4-6-12)16-21(18,19)13-2-1-7-20-13/h1-9,16H. The van der Waals surface area contributed by atoms with Gasteiger partial charge in [0.1, 0.15) is 4.21 Å². The topological polar surface area (TPSA) is 64.0 Å². The second kappa shape index (κ2) is 5.51. The van der Waals surface area contributed by atoms with Crippen LogP contribution in [0, 0.1) is 0 Å². The molecular weight excluding hydrogens is 330 g/mol. The minimum Gasteiger partial charge on any atom is -0.279 e. The molecule has 1 N–H and O–H groups in total. The highest BCUT2D eigenvalue weighted by atomic mass is 35.5. The lowest BCUT2D eigenvalue weighted by atomic mass is 10.3. The lowest BCUT2D eigenvalue weighted by Gasteiger charge is -2.07. The van der Waals surface area contributed by atoms with Gasteiger partial charge in [-0.1, -0.05) is 17.7 Å². The summed E-state index contributed by atoms with van der Waals surface area (Å²) in [5, 5.41) is 6.34. The van der Waals surface area contributed by atoms with Crippen molar-refractivity contribution in [1.82, 2.24) is 9.78 Å². The second-order valence-electron chi connectivity index (χ2n) is 4.19. The van der Waals surface area contributed by atoms with Crippen molar-refractivity contribution in [2.45, 2.75) is 4.21 Å². The number of aromatic nitrogens is 2. The Kier molecular flexibility index (Phi) is 3.71. The van der Waals surface area contributed by atoms with Gasteiger partial charge in [0.15, 0.2) is 0 Å². The maximum Gasteiger partial charge on any atom is 0.271 e. The van der Waals surface area contributed by atoms with Gasteiger partial charge in [0.2, 0.25) is 0 Å². The van der Waals surface area contributed by atoms with E-state index in [1.165, 1.54) is 17.5 Å². The fraction of sp³-hybridized carbons (Fsp3) is 0. The summed E-state index contributed by atoms with van der Waals surface area (Å²) in [5.74, 6) is 0. The molecule has 0 radical (unpaired) electrons. The van der Waals surface area contributed by atoms with E-state index in [0.29, 0.717) is 10.7 Å². The molecule has 0 saturated carbocycles. The summed E-state index contributed by atoms with van der Waals surface area (Å²) < 4.78 is 28.6. The zero-order chi connectivity index (χ0) is 14.9. The lowest BCUT2D eigenvalue weighted by molar-refractivity contribution is 0.603. The molecule has 108 valence electrons. The summed E-state index contributed by atoms with van der Waals surface area (Å²) in [6, 6.07) is 10.1. The predicted octanol–water partition coefficient (Wildman–Crippen LogP) is 3.39. The van der Waals surface area contributed by atoms with Crippen LogP contribution in [0.3, 0.4) is 0 Å². The molecule has 0 amide bonds. The normalized spacial score (nSPS) is 11.5. The minimum absolute atomic E-state index is 0.283. The first-order valence-electron chi connectivity index (χ1n) is 5.91. The molecule has 1 aromatic carbocycles. The van der Waals surface area contributed by atoms with Gasteiger partial charge >= 0.3 is 0 Å². The van der Waals surface area contributed by atoms with E-state index in [2.05, 4.69) is 9.82 Å². The number of hydrogen-bond donors (Lipinski definition) is 1. The highest BCUT2D eigenvalue weighted by Crippen LogP contribution is 2.21. The SMILES string of the molecule is O=S(=O)(Nc1ccc(-n2cc(Cl)cn2)cc1)c1cccs1. The van der Waals surface area contributed by atoms with Crippen LogP contribution in [0.2, 0.25) is 5.02 Å². The van der Waals surface area contributed by atoms with Gasteiger partial charge in [0, 0.05) is 11.9 Å². The van der Waals surface area contributed by atoms with E-state index >= 15 is 0 Å². The molecular formula is C13H10ClN3O2S2. The van der Waals surface area contributed by atoms with Crippen molar-refractivity contribution >= 4 is 38.6 Å². The number of rotatable bonds is 4. The van der Waals surface area contributed by atoms with Gasteiger partial charge in [0.05, 0.1) is 16.9 Å². The molecule has 2 aromatic heterocycles. The number of benzene rings is 1. The number of hydrogen-bond acceptors (Lipinski definition) is 4. The molecule has 5 nitrogen and oxygen atoms in total. The average molecular weight is 340 g/mol. The molecule has 8 heteroatoms. The number of anilines is 1. The molecule has 0 aliphatic rings.